The van der Waals surface area contributed by atoms with Gasteiger partial charge in [-0.1, -0.05) is 19.3 Å². The Morgan fingerprint density at radius 3 is 2.37 bits per heavy atom. The van der Waals surface area contributed by atoms with Crippen LogP contribution in [0.25, 0.3) is 0 Å². The molecular formula is C11H19F3N2O2S. The lowest BCUT2D eigenvalue weighted by molar-refractivity contribution is -0.0454. The van der Waals surface area contributed by atoms with E-state index in [-0.39, 0.29) is 5.54 Å². The topological polar surface area (TPSA) is 58.2 Å². The number of piperidine rings is 1. The van der Waals surface area contributed by atoms with Gasteiger partial charge in [-0.3, -0.25) is 0 Å². The molecule has 1 aliphatic heterocycles. The number of rotatable bonds is 2. The van der Waals surface area contributed by atoms with Crippen molar-refractivity contribution in [1.29, 1.82) is 0 Å². The van der Waals surface area contributed by atoms with Crippen LogP contribution in [-0.2, 0) is 10.0 Å². The summed E-state index contributed by atoms with van der Waals surface area (Å²) in [6.45, 7) is 0.561. The molecule has 0 radical (unpaired) electrons. The van der Waals surface area contributed by atoms with Crippen LogP contribution in [0.1, 0.15) is 44.9 Å². The zero-order valence-corrected chi connectivity index (χ0v) is 11.4. The smallest absolute Gasteiger partial charge is 0.311 e. The van der Waals surface area contributed by atoms with E-state index in [2.05, 4.69) is 5.32 Å². The van der Waals surface area contributed by atoms with Gasteiger partial charge in [0.2, 0.25) is 0 Å². The molecule has 0 aromatic heterocycles. The average molecular weight is 300 g/mol. The molecule has 0 aromatic carbocycles. The van der Waals surface area contributed by atoms with Crippen molar-refractivity contribution in [2.75, 3.05) is 6.54 Å². The summed E-state index contributed by atoms with van der Waals surface area (Å²) in [4.78, 5) is 0. The molecule has 4 nitrogen and oxygen atoms in total. The van der Waals surface area contributed by atoms with Crippen molar-refractivity contribution in [3.05, 3.63) is 0 Å². The number of hydrogen-bond acceptors (Lipinski definition) is 3. The Hall–Kier alpha value is -0.340. The molecule has 1 aliphatic carbocycles. The van der Waals surface area contributed by atoms with Crippen LogP contribution < -0.4 is 10.0 Å². The Kier molecular flexibility index (Phi) is 4.13. The minimum absolute atomic E-state index is 0.171. The highest BCUT2D eigenvalue weighted by atomic mass is 32.2. The van der Waals surface area contributed by atoms with Gasteiger partial charge in [0.05, 0.1) is 0 Å². The molecule has 0 bridgehead atoms. The highest BCUT2D eigenvalue weighted by molar-refractivity contribution is 7.90. The number of alkyl halides is 3. The second-order valence-electron chi connectivity index (χ2n) is 5.52. The second-order valence-corrected chi connectivity index (χ2v) is 7.23. The van der Waals surface area contributed by atoms with E-state index in [0.717, 1.165) is 32.1 Å². The van der Waals surface area contributed by atoms with Gasteiger partial charge in [-0.25, -0.2) is 13.1 Å². The summed E-state index contributed by atoms with van der Waals surface area (Å²) in [5, 5.41) is 3.37. The van der Waals surface area contributed by atoms with E-state index in [1.807, 2.05) is 4.72 Å². The van der Waals surface area contributed by atoms with Crippen LogP contribution >= 0.6 is 0 Å². The van der Waals surface area contributed by atoms with Gasteiger partial charge >= 0.3 is 15.5 Å². The predicted octanol–water partition coefficient (Wildman–Crippen LogP) is 1.88. The molecule has 2 aliphatic rings. The molecule has 1 spiro atoms. The van der Waals surface area contributed by atoms with Crippen LogP contribution in [0.4, 0.5) is 13.2 Å². The molecule has 8 heteroatoms. The standard InChI is InChI=1S/C11H19F3N2O2S/c12-11(13,14)19(17,18)16-9-4-7-15-10(8-9)5-2-1-3-6-10/h9,15-16H,1-8H2. The van der Waals surface area contributed by atoms with Crippen molar-refractivity contribution in [3.63, 3.8) is 0 Å². The molecule has 1 unspecified atom stereocenters. The zero-order chi connectivity index (χ0) is 14.1. The van der Waals surface area contributed by atoms with E-state index in [1.165, 1.54) is 0 Å². The van der Waals surface area contributed by atoms with Crippen molar-refractivity contribution in [3.8, 4) is 0 Å². The summed E-state index contributed by atoms with van der Waals surface area (Å²) in [5.74, 6) is 0. The Morgan fingerprint density at radius 2 is 1.79 bits per heavy atom. The van der Waals surface area contributed by atoms with Crippen LogP contribution in [0.3, 0.4) is 0 Å². The van der Waals surface area contributed by atoms with Gasteiger partial charge in [0, 0.05) is 11.6 Å². The number of hydrogen-bond donors (Lipinski definition) is 2. The van der Waals surface area contributed by atoms with Crippen LogP contribution in [0.2, 0.25) is 0 Å². The first-order valence-electron chi connectivity index (χ1n) is 6.58. The first-order valence-corrected chi connectivity index (χ1v) is 8.06. The molecule has 2 fully saturated rings. The maximum atomic E-state index is 12.4. The van der Waals surface area contributed by atoms with Gasteiger partial charge < -0.3 is 5.32 Å². The minimum Gasteiger partial charge on any atom is -0.311 e. The van der Waals surface area contributed by atoms with Gasteiger partial charge in [0.1, 0.15) is 0 Å². The highest BCUT2D eigenvalue weighted by Gasteiger charge is 2.48. The van der Waals surface area contributed by atoms with E-state index in [4.69, 9.17) is 0 Å². The predicted molar refractivity (Wildman–Crippen MR) is 65.0 cm³/mol. The van der Waals surface area contributed by atoms with Gasteiger partial charge in [0.15, 0.2) is 0 Å². The van der Waals surface area contributed by atoms with Crippen LogP contribution in [0.15, 0.2) is 0 Å². The third-order valence-corrected chi connectivity index (χ3v) is 5.32. The molecule has 0 amide bonds. The van der Waals surface area contributed by atoms with Crippen LogP contribution in [-0.4, -0.2) is 32.1 Å². The molecule has 1 heterocycles. The maximum Gasteiger partial charge on any atom is 0.511 e. The van der Waals surface area contributed by atoms with E-state index in [1.54, 1.807) is 0 Å². The highest BCUT2D eigenvalue weighted by Crippen LogP contribution is 2.35. The molecule has 1 atom stereocenters. The fourth-order valence-electron chi connectivity index (χ4n) is 3.15. The molecular weight excluding hydrogens is 281 g/mol. The van der Waals surface area contributed by atoms with E-state index >= 15 is 0 Å². The van der Waals surface area contributed by atoms with Gasteiger partial charge in [-0.15, -0.1) is 0 Å². The normalized spacial score (nSPS) is 28.5. The second kappa shape index (κ2) is 5.21. The van der Waals surface area contributed by atoms with Crippen LogP contribution in [0, 0.1) is 0 Å². The third kappa shape index (κ3) is 3.41. The van der Waals surface area contributed by atoms with Crippen molar-refractivity contribution < 1.29 is 21.6 Å². The quantitative estimate of drug-likeness (QED) is 0.818. The van der Waals surface area contributed by atoms with Gasteiger partial charge in [0.25, 0.3) is 0 Å². The lowest BCUT2D eigenvalue weighted by atomic mass is 9.75. The Labute approximate surface area is 111 Å². The first kappa shape index (κ1) is 15.1. The summed E-state index contributed by atoms with van der Waals surface area (Å²) in [7, 11) is -5.23. The van der Waals surface area contributed by atoms with Gasteiger partial charge in [-0.2, -0.15) is 13.2 Å². The van der Waals surface area contributed by atoms with Crippen molar-refractivity contribution in [2.24, 2.45) is 0 Å². The average Bonchev–Trinajstić information content (AvgIpc) is 2.27. The fraction of sp³-hybridized carbons (Fsp3) is 1.00. The molecule has 1 saturated heterocycles. The van der Waals surface area contributed by atoms with Crippen molar-refractivity contribution >= 4 is 10.0 Å². The molecule has 2 N–H and O–H groups in total. The summed E-state index contributed by atoms with van der Waals surface area (Å²) in [6, 6.07) is -0.619. The fourth-order valence-corrected chi connectivity index (χ4v) is 3.93. The lowest BCUT2D eigenvalue weighted by Gasteiger charge is -2.44. The first-order chi connectivity index (χ1) is 8.74. The van der Waals surface area contributed by atoms with Gasteiger partial charge in [-0.05, 0) is 32.2 Å². The summed E-state index contributed by atoms with van der Waals surface area (Å²) in [5.41, 5.74) is -5.40. The number of halogens is 3. The largest absolute Gasteiger partial charge is 0.511 e. The Bertz CT molecular complexity index is 411. The number of sulfonamides is 1. The lowest BCUT2D eigenvalue weighted by Crippen LogP contribution is -2.58. The molecule has 112 valence electrons. The third-order valence-electron chi connectivity index (χ3n) is 4.07. The summed E-state index contributed by atoms with van der Waals surface area (Å²) < 4.78 is 61.2. The summed E-state index contributed by atoms with van der Waals surface area (Å²) in [6.07, 6.45) is 5.91. The summed E-state index contributed by atoms with van der Waals surface area (Å²) >= 11 is 0. The van der Waals surface area contributed by atoms with E-state index in [9.17, 15) is 21.6 Å². The van der Waals surface area contributed by atoms with E-state index in [0.29, 0.717) is 19.4 Å². The van der Waals surface area contributed by atoms with Crippen molar-refractivity contribution in [1.82, 2.24) is 10.0 Å². The van der Waals surface area contributed by atoms with Crippen molar-refractivity contribution in [2.45, 2.75) is 62.0 Å². The number of nitrogens with one attached hydrogen (secondary N) is 2. The molecule has 0 aromatic rings. The minimum atomic E-state index is -5.23. The molecule has 2 rings (SSSR count). The zero-order valence-electron chi connectivity index (χ0n) is 10.6. The SMILES string of the molecule is O=S(=O)(NC1CCNC2(CCCCC2)C1)C(F)(F)F. The Morgan fingerprint density at radius 1 is 1.16 bits per heavy atom. The van der Waals surface area contributed by atoms with Crippen LogP contribution in [0.5, 0.6) is 0 Å². The monoisotopic (exact) mass is 300 g/mol. The van der Waals surface area contributed by atoms with E-state index < -0.39 is 21.6 Å². The molecule has 1 saturated carbocycles. The molecule has 19 heavy (non-hydrogen) atoms. The maximum absolute atomic E-state index is 12.4. The Balaban J connectivity index is 2.02.